The van der Waals surface area contributed by atoms with Gasteiger partial charge < -0.3 is 20.4 Å². The van der Waals surface area contributed by atoms with E-state index in [-0.39, 0.29) is 5.60 Å². The summed E-state index contributed by atoms with van der Waals surface area (Å²) in [5.74, 6) is 5.15. The third-order valence-electron chi connectivity index (χ3n) is 1.93. The summed E-state index contributed by atoms with van der Waals surface area (Å²) in [6.45, 7) is 9.79. The van der Waals surface area contributed by atoms with E-state index < -0.39 is 0 Å². The standard InChI is InChI=1S/C5H12N4S.C5H10O2/c6-8-5(10)9-3-1-7-2-4-9;1-5(2,3)7-4-6/h7H,1-4,6H2,(H,8,10);4H,1-3H3. The zero-order valence-corrected chi connectivity index (χ0v) is 11.5. The second-order valence-electron chi connectivity index (χ2n) is 4.51. The molecule has 0 aliphatic carbocycles. The summed E-state index contributed by atoms with van der Waals surface area (Å²) >= 11 is 4.94. The largest absolute Gasteiger partial charge is 0.462 e. The smallest absolute Gasteiger partial charge is 0.293 e. The average molecular weight is 262 g/mol. The maximum absolute atomic E-state index is 9.60. The van der Waals surface area contributed by atoms with E-state index in [9.17, 15) is 4.79 Å². The quantitative estimate of drug-likeness (QED) is 0.257. The van der Waals surface area contributed by atoms with Crippen molar-refractivity contribution in [2.24, 2.45) is 5.84 Å². The van der Waals surface area contributed by atoms with Crippen LogP contribution in [0.25, 0.3) is 0 Å². The fourth-order valence-electron chi connectivity index (χ4n) is 1.10. The highest BCUT2D eigenvalue weighted by Gasteiger charge is 2.10. The molecule has 1 aliphatic heterocycles. The van der Waals surface area contributed by atoms with Crippen molar-refractivity contribution in [1.29, 1.82) is 0 Å². The monoisotopic (exact) mass is 262 g/mol. The van der Waals surface area contributed by atoms with Gasteiger partial charge in [0.1, 0.15) is 5.60 Å². The summed E-state index contributed by atoms with van der Waals surface area (Å²) in [6.07, 6.45) is 0. The van der Waals surface area contributed by atoms with Gasteiger partial charge in [-0.25, -0.2) is 5.84 Å². The molecule has 0 spiro atoms. The highest BCUT2D eigenvalue weighted by molar-refractivity contribution is 7.80. The van der Waals surface area contributed by atoms with E-state index in [1.807, 2.05) is 25.7 Å². The highest BCUT2D eigenvalue weighted by Crippen LogP contribution is 2.02. The molecule has 1 saturated heterocycles. The van der Waals surface area contributed by atoms with E-state index in [2.05, 4.69) is 15.5 Å². The summed E-state index contributed by atoms with van der Waals surface area (Å²) in [4.78, 5) is 11.6. The third-order valence-corrected chi connectivity index (χ3v) is 2.31. The Labute approximate surface area is 108 Å². The SMILES string of the molecule is CC(C)(C)OC=O.NNC(=S)N1CCNCC1. The molecule has 100 valence electrons. The zero-order chi connectivity index (χ0) is 13.3. The first-order valence-electron chi connectivity index (χ1n) is 5.48. The van der Waals surface area contributed by atoms with Crippen LogP contribution in [0.1, 0.15) is 20.8 Å². The number of piperazine rings is 1. The molecule has 1 heterocycles. The third kappa shape index (κ3) is 8.84. The van der Waals surface area contributed by atoms with Crippen LogP contribution in [0.15, 0.2) is 0 Å². The minimum atomic E-state index is -0.318. The van der Waals surface area contributed by atoms with E-state index >= 15 is 0 Å². The molecule has 0 amide bonds. The van der Waals surface area contributed by atoms with Gasteiger partial charge in [0.05, 0.1) is 0 Å². The predicted molar refractivity (Wildman–Crippen MR) is 71.3 cm³/mol. The van der Waals surface area contributed by atoms with Crippen LogP contribution < -0.4 is 16.6 Å². The van der Waals surface area contributed by atoms with Crippen molar-refractivity contribution in [3.05, 3.63) is 0 Å². The predicted octanol–water partition coefficient (Wildman–Crippen LogP) is -0.402. The van der Waals surface area contributed by atoms with Gasteiger partial charge in [0.15, 0.2) is 5.11 Å². The fraction of sp³-hybridized carbons (Fsp3) is 0.800. The molecule has 17 heavy (non-hydrogen) atoms. The Balaban J connectivity index is 0.000000325. The van der Waals surface area contributed by atoms with Crippen molar-refractivity contribution < 1.29 is 9.53 Å². The lowest BCUT2D eigenvalue weighted by molar-refractivity contribution is -0.138. The van der Waals surface area contributed by atoms with Gasteiger partial charge in [-0.1, -0.05) is 0 Å². The van der Waals surface area contributed by atoms with Gasteiger partial charge in [-0.05, 0) is 33.0 Å². The minimum Gasteiger partial charge on any atom is -0.462 e. The molecule has 4 N–H and O–H groups in total. The van der Waals surface area contributed by atoms with Crippen LogP contribution in [-0.4, -0.2) is 48.3 Å². The maximum Gasteiger partial charge on any atom is 0.293 e. The Bertz CT molecular complexity index is 237. The first-order valence-corrected chi connectivity index (χ1v) is 5.89. The maximum atomic E-state index is 9.60. The molecular weight excluding hydrogens is 240 g/mol. The number of hydrogen-bond acceptors (Lipinski definition) is 5. The van der Waals surface area contributed by atoms with Gasteiger partial charge >= 0.3 is 0 Å². The molecule has 0 radical (unpaired) electrons. The number of hydrogen-bond donors (Lipinski definition) is 3. The number of nitrogens with one attached hydrogen (secondary N) is 2. The van der Waals surface area contributed by atoms with Gasteiger partial charge in [0.2, 0.25) is 0 Å². The lowest BCUT2D eigenvalue weighted by Gasteiger charge is -2.28. The van der Waals surface area contributed by atoms with E-state index in [1.54, 1.807) is 0 Å². The molecule has 0 aromatic heterocycles. The van der Waals surface area contributed by atoms with Crippen molar-refractivity contribution >= 4 is 23.8 Å². The van der Waals surface area contributed by atoms with Crippen LogP contribution in [0.5, 0.6) is 0 Å². The van der Waals surface area contributed by atoms with E-state index in [0.29, 0.717) is 11.6 Å². The van der Waals surface area contributed by atoms with E-state index in [1.165, 1.54) is 0 Å². The normalized spacial score (nSPS) is 15.4. The van der Waals surface area contributed by atoms with Crippen molar-refractivity contribution in [3.63, 3.8) is 0 Å². The summed E-state index contributed by atoms with van der Waals surface area (Å²) in [6, 6.07) is 0. The molecule has 0 saturated carbocycles. The first-order chi connectivity index (χ1) is 7.90. The summed E-state index contributed by atoms with van der Waals surface area (Å²) < 4.78 is 4.55. The molecule has 6 nitrogen and oxygen atoms in total. The zero-order valence-electron chi connectivity index (χ0n) is 10.7. The Hall–Kier alpha value is -0.920. The first kappa shape index (κ1) is 16.1. The molecule has 1 aliphatic rings. The van der Waals surface area contributed by atoms with Crippen molar-refractivity contribution in [1.82, 2.24) is 15.6 Å². The van der Waals surface area contributed by atoms with Crippen LogP contribution in [-0.2, 0) is 9.53 Å². The number of thiocarbonyl (C=S) groups is 1. The second-order valence-corrected chi connectivity index (χ2v) is 4.90. The second kappa shape index (κ2) is 8.21. The topological polar surface area (TPSA) is 79.6 Å². The number of ether oxygens (including phenoxy) is 1. The summed E-state index contributed by atoms with van der Waals surface area (Å²) in [5, 5.41) is 3.86. The number of nitrogens with zero attached hydrogens (tertiary/aromatic N) is 1. The molecule has 7 heteroatoms. The van der Waals surface area contributed by atoms with Crippen molar-refractivity contribution in [3.8, 4) is 0 Å². The molecule has 0 aromatic carbocycles. The molecule has 0 unspecified atom stereocenters. The van der Waals surface area contributed by atoms with Gasteiger partial charge in [0, 0.05) is 26.2 Å². The van der Waals surface area contributed by atoms with E-state index in [4.69, 9.17) is 18.1 Å². The number of carbonyl (C=O) groups excluding carboxylic acids is 1. The van der Waals surface area contributed by atoms with Crippen LogP contribution in [0, 0.1) is 0 Å². The Morgan fingerprint density at radius 1 is 1.47 bits per heavy atom. The fourth-order valence-corrected chi connectivity index (χ4v) is 1.29. The number of hydrazine groups is 1. The minimum absolute atomic E-state index is 0.318. The van der Waals surface area contributed by atoms with Crippen LogP contribution >= 0.6 is 12.2 Å². The average Bonchev–Trinajstić information content (AvgIpc) is 2.28. The molecule has 1 fully saturated rings. The van der Waals surface area contributed by atoms with Gasteiger partial charge in [-0.2, -0.15) is 0 Å². The Kier molecular flexibility index (Phi) is 7.77. The number of nitrogens with two attached hydrogens (primary N) is 1. The van der Waals surface area contributed by atoms with Crippen LogP contribution in [0.4, 0.5) is 0 Å². The summed E-state index contributed by atoms with van der Waals surface area (Å²) in [5.41, 5.74) is 2.15. The van der Waals surface area contributed by atoms with Gasteiger partial charge in [0.25, 0.3) is 6.47 Å². The molecule has 1 rings (SSSR count). The van der Waals surface area contributed by atoms with E-state index in [0.717, 1.165) is 26.2 Å². The summed E-state index contributed by atoms with van der Waals surface area (Å²) in [7, 11) is 0. The van der Waals surface area contributed by atoms with Crippen LogP contribution in [0.2, 0.25) is 0 Å². The van der Waals surface area contributed by atoms with Crippen LogP contribution in [0.3, 0.4) is 0 Å². The Morgan fingerprint density at radius 2 is 2.00 bits per heavy atom. The van der Waals surface area contributed by atoms with Crippen molar-refractivity contribution in [2.75, 3.05) is 26.2 Å². The molecule has 0 aromatic rings. The molecular formula is C10H22N4O2S. The number of carbonyl (C=O) groups is 1. The van der Waals surface area contributed by atoms with Gasteiger partial charge in [-0.3, -0.25) is 4.79 Å². The highest BCUT2D eigenvalue weighted by atomic mass is 32.1. The molecule has 0 atom stereocenters. The Morgan fingerprint density at radius 3 is 2.29 bits per heavy atom. The lowest BCUT2D eigenvalue weighted by Crippen LogP contribution is -2.51. The molecule has 0 bridgehead atoms. The lowest BCUT2D eigenvalue weighted by atomic mass is 10.2. The van der Waals surface area contributed by atoms with Crippen molar-refractivity contribution in [2.45, 2.75) is 26.4 Å². The number of rotatable bonds is 1. The van der Waals surface area contributed by atoms with Gasteiger partial charge in [-0.15, -0.1) is 0 Å².